The molecule has 0 spiro atoms. The number of hydrazone groups is 1. The fourth-order valence-corrected chi connectivity index (χ4v) is 5.92. The molecule has 1 aromatic heterocycles. The third-order valence-electron chi connectivity index (χ3n) is 8.85. The summed E-state index contributed by atoms with van der Waals surface area (Å²) in [5.41, 5.74) is 12.7. The van der Waals surface area contributed by atoms with E-state index >= 15 is 0 Å². The average molecular weight is 612 g/mol. The smallest absolute Gasteiger partial charge is 0.0743 e. The van der Waals surface area contributed by atoms with Crippen LogP contribution in [0.4, 0.5) is 17.1 Å². The van der Waals surface area contributed by atoms with Crippen LogP contribution in [-0.2, 0) is 18.3 Å². The van der Waals surface area contributed by atoms with Crippen LogP contribution >= 0.6 is 0 Å². The standard InChI is InChI=1S/C41H49N5/c1-29(15-16-31-25-34(41(3,4)5)27-37(26-31)46(8)44-39-14-10-9-12-30(39)2)24-32-17-18-33(38-13-11-23-42-40(32)38)28-43-35-19-21-36(22-20-35)45(6)7/h11,13,17-23,25-28H,1-2,9-10,12,14-16,24H2,3-8H3/b43-28?,44-39-. The molecule has 0 radical (unpaired) electrons. The topological polar surface area (TPSA) is 44.1 Å². The highest BCUT2D eigenvalue weighted by Crippen LogP contribution is 2.31. The second kappa shape index (κ2) is 14.3. The van der Waals surface area contributed by atoms with E-state index in [1.165, 1.54) is 40.7 Å². The first-order valence-corrected chi connectivity index (χ1v) is 16.5. The molecule has 0 unspecified atom stereocenters. The Kier molecular flexibility index (Phi) is 10.2. The molecule has 1 aliphatic carbocycles. The van der Waals surface area contributed by atoms with Gasteiger partial charge in [-0.05, 0) is 115 Å². The molecule has 5 nitrogen and oxygen atoms in total. The molecular formula is C41H49N5. The Hall–Kier alpha value is -4.51. The van der Waals surface area contributed by atoms with Crippen LogP contribution in [0.3, 0.4) is 0 Å². The van der Waals surface area contributed by atoms with Gasteiger partial charge in [0, 0.05) is 50.2 Å². The minimum atomic E-state index is 0.0372. The Labute approximate surface area is 276 Å². The number of anilines is 2. The Morgan fingerprint density at radius 1 is 0.935 bits per heavy atom. The highest BCUT2D eigenvalue weighted by Gasteiger charge is 2.18. The van der Waals surface area contributed by atoms with Crippen molar-refractivity contribution in [1.29, 1.82) is 0 Å². The zero-order valence-corrected chi connectivity index (χ0v) is 28.6. The van der Waals surface area contributed by atoms with E-state index in [1.54, 1.807) is 0 Å². The van der Waals surface area contributed by atoms with Gasteiger partial charge in [-0.15, -0.1) is 0 Å². The molecule has 5 heteroatoms. The molecule has 5 rings (SSSR count). The van der Waals surface area contributed by atoms with E-state index in [1.807, 2.05) is 49.7 Å². The number of allylic oxidation sites excluding steroid dienone is 2. The summed E-state index contributed by atoms with van der Waals surface area (Å²) in [5.74, 6) is 0. The minimum Gasteiger partial charge on any atom is -0.378 e. The molecule has 1 fully saturated rings. The first-order chi connectivity index (χ1) is 22.0. The first-order valence-electron chi connectivity index (χ1n) is 16.5. The summed E-state index contributed by atoms with van der Waals surface area (Å²) in [6.45, 7) is 15.6. The molecule has 4 aromatic rings. The lowest BCUT2D eigenvalue weighted by molar-refractivity contribution is 0.589. The van der Waals surface area contributed by atoms with E-state index in [9.17, 15) is 0 Å². The summed E-state index contributed by atoms with van der Waals surface area (Å²) in [6, 6.07) is 23.7. The number of fused-ring (bicyclic) bond motifs is 1. The highest BCUT2D eigenvalue weighted by molar-refractivity contribution is 6.01. The van der Waals surface area contributed by atoms with Gasteiger partial charge in [-0.2, -0.15) is 5.10 Å². The number of hydrogen-bond donors (Lipinski definition) is 0. The Bertz CT molecular complexity index is 1770. The molecule has 0 N–H and O–H groups in total. The molecule has 3 aromatic carbocycles. The number of pyridine rings is 1. The largest absolute Gasteiger partial charge is 0.378 e. The van der Waals surface area contributed by atoms with Crippen molar-refractivity contribution >= 4 is 39.9 Å². The summed E-state index contributed by atoms with van der Waals surface area (Å²) >= 11 is 0. The maximum Gasteiger partial charge on any atom is 0.0743 e. The van der Waals surface area contributed by atoms with Crippen molar-refractivity contribution in [2.75, 3.05) is 31.1 Å². The van der Waals surface area contributed by atoms with Gasteiger partial charge in [-0.25, -0.2) is 0 Å². The zero-order valence-electron chi connectivity index (χ0n) is 28.6. The van der Waals surface area contributed by atoms with Crippen molar-refractivity contribution in [1.82, 2.24) is 4.98 Å². The van der Waals surface area contributed by atoms with E-state index in [-0.39, 0.29) is 5.41 Å². The summed E-state index contributed by atoms with van der Waals surface area (Å²) in [4.78, 5) is 11.6. The van der Waals surface area contributed by atoms with Crippen molar-refractivity contribution in [3.05, 3.63) is 119 Å². The van der Waals surface area contributed by atoms with Crippen molar-refractivity contribution in [3.8, 4) is 0 Å². The van der Waals surface area contributed by atoms with Gasteiger partial charge >= 0.3 is 0 Å². The molecular weight excluding hydrogens is 562 g/mol. The normalized spacial score (nSPS) is 14.7. The maximum absolute atomic E-state index is 4.99. The van der Waals surface area contributed by atoms with Crippen molar-refractivity contribution in [2.24, 2.45) is 10.1 Å². The van der Waals surface area contributed by atoms with Gasteiger partial charge in [0.05, 0.1) is 22.6 Å². The molecule has 0 bridgehead atoms. The van der Waals surface area contributed by atoms with E-state index < -0.39 is 0 Å². The maximum atomic E-state index is 4.99. The van der Waals surface area contributed by atoms with Crippen molar-refractivity contribution < 1.29 is 0 Å². The van der Waals surface area contributed by atoms with Crippen LogP contribution in [0.25, 0.3) is 10.9 Å². The van der Waals surface area contributed by atoms with E-state index in [0.29, 0.717) is 0 Å². The van der Waals surface area contributed by atoms with Gasteiger partial charge < -0.3 is 4.90 Å². The summed E-state index contributed by atoms with van der Waals surface area (Å²) in [6.07, 6.45) is 10.9. The van der Waals surface area contributed by atoms with E-state index in [4.69, 9.17) is 15.1 Å². The molecule has 46 heavy (non-hydrogen) atoms. The summed E-state index contributed by atoms with van der Waals surface area (Å²) < 4.78 is 0. The fourth-order valence-electron chi connectivity index (χ4n) is 5.92. The van der Waals surface area contributed by atoms with Crippen LogP contribution in [0.5, 0.6) is 0 Å². The van der Waals surface area contributed by atoms with Crippen LogP contribution in [0.1, 0.15) is 75.1 Å². The fraction of sp³-hybridized carbons (Fsp3) is 0.341. The molecule has 0 atom stereocenters. The van der Waals surface area contributed by atoms with Crippen molar-refractivity contribution in [2.45, 2.75) is 71.1 Å². The lowest BCUT2D eigenvalue weighted by atomic mass is 9.85. The van der Waals surface area contributed by atoms with Gasteiger partial charge in [-0.3, -0.25) is 15.0 Å². The Morgan fingerprint density at radius 2 is 1.70 bits per heavy atom. The second-order valence-corrected chi connectivity index (χ2v) is 13.8. The quantitative estimate of drug-likeness (QED) is 0.102. The second-order valence-electron chi connectivity index (χ2n) is 13.8. The molecule has 1 aliphatic rings. The first kappa shape index (κ1) is 32.9. The molecule has 0 aliphatic heterocycles. The summed E-state index contributed by atoms with van der Waals surface area (Å²) in [7, 11) is 6.15. The number of nitrogens with zero attached hydrogens (tertiary/aromatic N) is 5. The molecule has 0 amide bonds. The SMILES string of the molecule is C=C(CCc1cc(N(C)/N=C2/CCCCC2=C)cc(C(C)(C)C)c1)Cc1ccc(C=Nc2ccc(N(C)C)cc2)c2cccnc12. The monoisotopic (exact) mass is 611 g/mol. The predicted molar refractivity (Wildman–Crippen MR) is 200 cm³/mol. The van der Waals surface area contributed by atoms with Crippen LogP contribution in [0.15, 0.2) is 107 Å². The molecule has 238 valence electrons. The Balaban J connectivity index is 1.31. The lowest BCUT2D eigenvalue weighted by Gasteiger charge is -2.25. The number of aliphatic imine (C=N–C) groups is 1. The Morgan fingerprint density at radius 3 is 2.41 bits per heavy atom. The van der Waals surface area contributed by atoms with Gasteiger partial charge in [0.1, 0.15) is 0 Å². The van der Waals surface area contributed by atoms with Crippen LogP contribution in [-0.4, -0.2) is 38.1 Å². The number of hydrogen-bond acceptors (Lipinski definition) is 5. The van der Waals surface area contributed by atoms with Gasteiger partial charge in [0.2, 0.25) is 0 Å². The number of rotatable bonds is 10. The molecule has 1 saturated carbocycles. The zero-order chi connectivity index (χ0) is 32.8. The summed E-state index contributed by atoms with van der Waals surface area (Å²) in [5, 5.41) is 8.14. The minimum absolute atomic E-state index is 0.0372. The van der Waals surface area contributed by atoms with Crippen LogP contribution in [0.2, 0.25) is 0 Å². The third kappa shape index (κ3) is 8.20. The van der Waals surface area contributed by atoms with Gasteiger partial charge in [0.25, 0.3) is 0 Å². The van der Waals surface area contributed by atoms with Crippen LogP contribution < -0.4 is 9.91 Å². The van der Waals surface area contributed by atoms with E-state index in [2.05, 4.69) is 94.4 Å². The van der Waals surface area contributed by atoms with Crippen molar-refractivity contribution in [3.63, 3.8) is 0 Å². The van der Waals surface area contributed by atoms with Gasteiger partial charge in [0.15, 0.2) is 0 Å². The molecule has 1 heterocycles. The number of benzene rings is 3. The predicted octanol–water partition coefficient (Wildman–Crippen LogP) is 10.0. The van der Waals surface area contributed by atoms with Crippen LogP contribution in [0, 0.1) is 0 Å². The average Bonchev–Trinajstić information content (AvgIpc) is 3.04. The number of aromatic nitrogens is 1. The third-order valence-corrected chi connectivity index (χ3v) is 8.85. The lowest BCUT2D eigenvalue weighted by Crippen LogP contribution is -2.18. The van der Waals surface area contributed by atoms with E-state index in [0.717, 1.165) is 71.3 Å². The number of aryl methyl sites for hydroxylation is 1. The van der Waals surface area contributed by atoms with Gasteiger partial charge in [-0.1, -0.05) is 63.8 Å². The highest BCUT2D eigenvalue weighted by atomic mass is 15.4. The molecule has 0 saturated heterocycles.